The molecule has 0 aliphatic heterocycles. The second-order valence-corrected chi connectivity index (χ2v) is 2.65. The molecular formula is C13H12Y-2. The van der Waals surface area contributed by atoms with Crippen LogP contribution in [0.25, 0.3) is 0 Å². The van der Waals surface area contributed by atoms with E-state index in [2.05, 4.69) is 19.1 Å². The first-order chi connectivity index (χ1) is 6.39. The summed E-state index contributed by atoms with van der Waals surface area (Å²) in [7, 11) is 0. The quantitative estimate of drug-likeness (QED) is 0.635. The van der Waals surface area contributed by atoms with Crippen molar-refractivity contribution in [2.45, 2.75) is 6.92 Å². The minimum absolute atomic E-state index is 0. The van der Waals surface area contributed by atoms with E-state index >= 15 is 0 Å². The van der Waals surface area contributed by atoms with E-state index in [4.69, 9.17) is 0 Å². The summed E-state index contributed by atoms with van der Waals surface area (Å²) in [6.07, 6.45) is 0. The average molecular weight is 257 g/mol. The predicted molar refractivity (Wildman–Crippen MR) is 55.3 cm³/mol. The molecule has 0 nitrogen and oxygen atoms in total. The molecule has 0 saturated carbocycles. The van der Waals surface area contributed by atoms with E-state index in [-0.39, 0.29) is 32.7 Å². The molecule has 0 unspecified atom stereocenters. The van der Waals surface area contributed by atoms with Gasteiger partial charge in [-0.25, -0.2) is 0 Å². The zero-order valence-electron chi connectivity index (χ0n) is 8.27. The van der Waals surface area contributed by atoms with Crippen LogP contribution >= 0.6 is 0 Å². The summed E-state index contributed by atoms with van der Waals surface area (Å²) in [5.41, 5.74) is 1.29. The fourth-order valence-corrected chi connectivity index (χ4v) is 0.812. The van der Waals surface area contributed by atoms with Crippen molar-refractivity contribution in [3.8, 4) is 0 Å². The monoisotopic (exact) mass is 257 g/mol. The largest absolute Gasteiger partial charge is 0.184 e. The van der Waals surface area contributed by atoms with Crippen LogP contribution in [-0.2, 0) is 32.7 Å². The first-order valence-electron chi connectivity index (χ1n) is 4.23. The Morgan fingerprint density at radius 2 is 1.29 bits per heavy atom. The number of rotatable bonds is 0. The normalized spacial score (nSPS) is 7.79. The number of hydrogen-bond donors (Lipinski definition) is 0. The topological polar surface area (TPSA) is 0 Å². The molecule has 0 aromatic heterocycles. The number of hydrogen-bond acceptors (Lipinski definition) is 0. The van der Waals surface area contributed by atoms with Gasteiger partial charge in [-0.3, -0.25) is 0 Å². The predicted octanol–water partition coefficient (Wildman–Crippen LogP) is 3.28. The molecule has 14 heavy (non-hydrogen) atoms. The van der Waals surface area contributed by atoms with Gasteiger partial charge in [-0.15, -0.1) is 0 Å². The van der Waals surface area contributed by atoms with Gasteiger partial charge in [-0.05, 0) is 0 Å². The van der Waals surface area contributed by atoms with Crippen molar-refractivity contribution >= 4 is 0 Å². The smallest absolute Gasteiger partial charge is 0 e. The Bertz CT molecular complexity index is 276. The van der Waals surface area contributed by atoms with Gasteiger partial charge >= 0.3 is 0 Å². The molecule has 69 valence electrons. The van der Waals surface area contributed by atoms with Gasteiger partial charge in [0.25, 0.3) is 0 Å². The van der Waals surface area contributed by atoms with Crippen LogP contribution in [0.2, 0.25) is 0 Å². The molecule has 0 fully saturated rings. The third-order valence-electron chi connectivity index (χ3n) is 1.49. The molecule has 0 heterocycles. The number of benzene rings is 2. The van der Waals surface area contributed by atoms with Crippen LogP contribution in [0, 0.1) is 19.1 Å². The average Bonchev–Trinajstić information content (AvgIpc) is 2.22. The summed E-state index contributed by atoms with van der Waals surface area (Å²) in [4.78, 5) is 0. The van der Waals surface area contributed by atoms with Crippen LogP contribution in [0.5, 0.6) is 0 Å². The molecule has 0 saturated heterocycles. The molecule has 0 aliphatic carbocycles. The maximum atomic E-state index is 2.93. The molecule has 0 amide bonds. The van der Waals surface area contributed by atoms with Crippen molar-refractivity contribution in [1.82, 2.24) is 0 Å². The molecule has 0 N–H and O–H groups in total. The minimum Gasteiger partial charge on any atom is -0.184 e. The van der Waals surface area contributed by atoms with Crippen molar-refractivity contribution in [2.75, 3.05) is 0 Å². The third kappa shape index (κ3) is 7.00. The van der Waals surface area contributed by atoms with Crippen LogP contribution in [0.15, 0.2) is 54.6 Å². The minimum atomic E-state index is 0. The molecule has 2 aromatic carbocycles. The van der Waals surface area contributed by atoms with Gasteiger partial charge in [0, 0.05) is 32.7 Å². The van der Waals surface area contributed by atoms with Gasteiger partial charge in [0.2, 0.25) is 0 Å². The summed E-state index contributed by atoms with van der Waals surface area (Å²) in [6, 6.07) is 23.3. The Morgan fingerprint density at radius 3 is 1.50 bits per heavy atom. The van der Waals surface area contributed by atoms with Crippen molar-refractivity contribution in [1.29, 1.82) is 0 Å². The molecule has 0 bridgehead atoms. The van der Waals surface area contributed by atoms with Gasteiger partial charge in [-0.2, -0.15) is 72.3 Å². The van der Waals surface area contributed by atoms with Crippen LogP contribution in [-0.4, -0.2) is 0 Å². The Morgan fingerprint density at radius 1 is 0.786 bits per heavy atom. The molecule has 0 spiro atoms. The zero-order chi connectivity index (χ0) is 9.36. The van der Waals surface area contributed by atoms with E-state index in [1.165, 1.54) is 5.56 Å². The first-order valence-corrected chi connectivity index (χ1v) is 4.23. The Balaban J connectivity index is 0.000000227. The van der Waals surface area contributed by atoms with Crippen LogP contribution < -0.4 is 0 Å². The summed E-state index contributed by atoms with van der Waals surface area (Å²) in [6.45, 7) is 2.06. The standard InChI is InChI=1S/C7H7.C6H5.Y/c1-7-5-3-2-4-6-7;1-2-4-6-5-3-1;/h3-6H,1H3;1-5H;/q2*-1;. The van der Waals surface area contributed by atoms with Crippen molar-refractivity contribution < 1.29 is 32.7 Å². The Labute approximate surface area is 111 Å². The van der Waals surface area contributed by atoms with E-state index < -0.39 is 0 Å². The SMILES string of the molecule is Cc1cc[c-]cc1.[Y].[c-]1ccccc1. The fraction of sp³-hybridized carbons (Fsp3) is 0.0769. The molecule has 1 radical (unpaired) electrons. The van der Waals surface area contributed by atoms with Crippen molar-refractivity contribution in [3.63, 3.8) is 0 Å². The van der Waals surface area contributed by atoms with Gasteiger partial charge < -0.3 is 0 Å². The van der Waals surface area contributed by atoms with E-state index in [0.29, 0.717) is 0 Å². The second kappa shape index (κ2) is 9.11. The van der Waals surface area contributed by atoms with Gasteiger partial charge in [0.05, 0.1) is 0 Å². The Hall–Kier alpha value is -0.456. The van der Waals surface area contributed by atoms with E-state index in [0.717, 1.165) is 0 Å². The van der Waals surface area contributed by atoms with Gasteiger partial charge in [0.1, 0.15) is 0 Å². The maximum Gasteiger partial charge on any atom is 0 e. The zero-order valence-corrected chi connectivity index (χ0v) is 11.1. The van der Waals surface area contributed by atoms with Gasteiger partial charge in [0.15, 0.2) is 0 Å². The second-order valence-electron chi connectivity index (χ2n) is 2.65. The summed E-state index contributed by atoms with van der Waals surface area (Å²) in [5.74, 6) is 0. The van der Waals surface area contributed by atoms with E-state index in [1.54, 1.807) is 0 Å². The summed E-state index contributed by atoms with van der Waals surface area (Å²) >= 11 is 0. The number of aryl methyl sites for hydroxylation is 1. The van der Waals surface area contributed by atoms with Gasteiger partial charge in [-0.1, -0.05) is 6.92 Å². The summed E-state index contributed by atoms with van der Waals surface area (Å²) < 4.78 is 0. The van der Waals surface area contributed by atoms with Crippen molar-refractivity contribution in [3.05, 3.63) is 72.3 Å². The summed E-state index contributed by atoms with van der Waals surface area (Å²) in [5, 5.41) is 0. The first kappa shape index (κ1) is 13.5. The van der Waals surface area contributed by atoms with E-state index in [1.807, 2.05) is 54.6 Å². The van der Waals surface area contributed by atoms with Crippen LogP contribution in [0.1, 0.15) is 5.56 Å². The molecule has 2 aromatic rings. The maximum absolute atomic E-state index is 2.93. The van der Waals surface area contributed by atoms with E-state index in [9.17, 15) is 0 Å². The molecule has 1 heteroatoms. The molecule has 0 atom stereocenters. The molecule has 0 aliphatic rings. The van der Waals surface area contributed by atoms with Crippen molar-refractivity contribution in [2.24, 2.45) is 0 Å². The van der Waals surface area contributed by atoms with Crippen LogP contribution in [0.4, 0.5) is 0 Å². The molecule has 2 rings (SSSR count). The Kier molecular flexibility index (Phi) is 8.82. The van der Waals surface area contributed by atoms with Crippen LogP contribution in [0.3, 0.4) is 0 Å². The fourth-order valence-electron chi connectivity index (χ4n) is 0.812. The third-order valence-corrected chi connectivity index (χ3v) is 1.49. The molecular weight excluding hydrogens is 245 g/mol.